The highest BCUT2D eigenvalue weighted by Gasteiger charge is 2.53. The second-order valence-corrected chi connectivity index (χ2v) is 7.66. The van der Waals surface area contributed by atoms with E-state index in [2.05, 4.69) is 4.98 Å². The van der Waals surface area contributed by atoms with E-state index >= 15 is 0 Å². The highest BCUT2D eigenvalue weighted by Crippen LogP contribution is 2.39. The third-order valence-electron chi connectivity index (χ3n) is 4.07. The smallest absolute Gasteiger partial charge is 0.394 e. The van der Waals surface area contributed by atoms with Gasteiger partial charge in [-0.05, 0) is 18.4 Å². The number of thiazole rings is 1. The predicted molar refractivity (Wildman–Crippen MR) is 86.7 cm³/mol. The molecule has 1 fully saturated rings. The number of rotatable bonds is 3. The number of hydrogen-bond acceptors (Lipinski definition) is 5. The van der Waals surface area contributed by atoms with Crippen molar-refractivity contribution >= 4 is 34.6 Å². The summed E-state index contributed by atoms with van der Waals surface area (Å²) in [5, 5.41) is 11.5. The van der Waals surface area contributed by atoms with Gasteiger partial charge in [0.1, 0.15) is 9.88 Å². The fourth-order valence-corrected chi connectivity index (χ4v) is 4.63. The van der Waals surface area contributed by atoms with Gasteiger partial charge in [0.25, 0.3) is 5.91 Å². The number of amides is 1. The molecule has 0 saturated carbocycles. The second kappa shape index (κ2) is 6.41. The minimum Gasteiger partial charge on any atom is -0.481 e. The zero-order valence-electron chi connectivity index (χ0n) is 12.9. The van der Waals surface area contributed by atoms with Crippen molar-refractivity contribution in [2.45, 2.75) is 13.1 Å². The minimum absolute atomic E-state index is 0.246. The Morgan fingerprint density at radius 3 is 2.60 bits per heavy atom. The SMILES string of the molecule is Cc1nc(-c2cccs2)sc1C(=O)N1C[C@@H](C(F)(F)F)[C@H](C(=O)O)C1. The van der Waals surface area contributed by atoms with Crippen LogP contribution in [0, 0.1) is 18.8 Å². The van der Waals surface area contributed by atoms with Crippen molar-refractivity contribution in [3.8, 4) is 9.88 Å². The summed E-state index contributed by atoms with van der Waals surface area (Å²) in [6, 6.07) is 3.68. The number of nitrogens with zero attached hydrogens (tertiary/aromatic N) is 2. The number of aromatic nitrogens is 1. The van der Waals surface area contributed by atoms with Gasteiger partial charge in [0.05, 0.1) is 22.4 Å². The first-order chi connectivity index (χ1) is 11.7. The highest BCUT2D eigenvalue weighted by atomic mass is 32.1. The van der Waals surface area contributed by atoms with Crippen LogP contribution in [0.1, 0.15) is 15.4 Å². The summed E-state index contributed by atoms with van der Waals surface area (Å²) in [4.78, 5) is 30.2. The van der Waals surface area contributed by atoms with Gasteiger partial charge in [0.2, 0.25) is 0 Å². The number of thiophene rings is 1. The monoisotopic (exact) mass is 390 g/mol. The van der Waals surface area contributed by atoms with Crippen molar-refractivity contribution in [2.24, 2.45) is 11.8 Å². The second-order valence-electron chi connectivity index (χ2n) is 5.71. The van der Waals surface area contributed by atoms with E-state index < -0.39 is 43.0 Å². The first-order valence-corrected chi connectivity index (χ1v) is 8.98. The maximum atomic E-state index is 13.1. The first kappa shape index (κ1) is 17.9. The van der Waals surface area contributed by atoms with E-state index in [-0.39, 0.29) is 4.88 Å². The average Bonchev–Trinajstić information content (AvgIpc) is 3.24. The van der Waals surface area contributed by atoms with Crippen LogP contribution in [0.3, 0.4) is 0 Å². The van der Waals surface area contributed by atoms with Gasteiger partial charge in [-0.1, -0.05) is 6.07 Å². The van der Waals surface area contributed by atoms with Crippen LogP contribution in [-0.2, 0) is 4.79 Å². The van der Waals surface area contributed by atoms with Crippen molar-refractivity contribution in [3.63, 3.8) is 0 Å². The van der Waals surface area contributed by atoms with Crippen LogP contribution in [-0.4, -0.2) is 46.1 Å². The van der Waals surface area contributed by atoms with Gasteiger partial charge in [0.15, 0.2) is 0 Å². The number of hydrogen-bond donors (Lipinski definition) is 1. The van der Waals surface area contributed by atoms with E-state index in [1.54, 1.807) is 6.92 Å². The highest BCUT2D eigenvalue weighted by molar-refractivity contribution is 7.22. The zero-order valence-corrected chi connectivity index (χ0v) is 14.5. The summed E-state index contributed by atoms with van der Waals surface area (Å²) in [7, 11) is 0. The maximum absolute atomic E-state index is 13.1. The molecule has 0 unspecified atom stereocenters. The molecule has 134 valence electrons. The molecule has 0 radical (unpaired) electrons. The van der Waals surface area contributed by atoms with E-state index in [9.17, 15) is 22.8 Å². The largest absolute Gasteiger partial charge is 0.481 e. The van der Waals surface area contributed by atoms with Crippen molar-refractivity contribution in [1.82, 2.24) is 9.88 Å². The van der Waals surface area contributed by atoms with Crippen LogP contribution in [0.4, 0.5) is 13.2 Å². The van der Waals surface area contributed by atoms with Gasteiger partial charge in [-0.15, -0.1) is 22.7 Å². The summed E-state index contributed by atoms with van der Waals surface area (Å²) < 4.78 is 39.2. The van der Waals surface area contributed by atoms with E-state index in [1.807, 2.05) is 17.5 Å². The van der Waals surface area contributed by atoms with Crippen LogP contribution >= 0.6 is 22.7 Å². The van der Waals surface area contributed by atoms with E-state index in [0.29, 0.717) is 10.7 Å². The number of aryl methyl sites for hydroxylation is 1. The Labute approximate surface area is 148 Å². The van der Waals surface area contributed by atoms with Gasteiger partial charge >= 0.3 is 12.1 Å². The minimum atomic E-state index is -4.66. The predicted octanol–water partition coefficient (Wildman–Crippen LogP) is 3.52. The van der Waals surface area contributed by atoms with Crippen molar-refractivity contribution in [1.29, 1.82) is 0 Å². The Bertz CT molecular complexity index is 802. The lowest BCUT2D eigenvalue weighted by molar-refractivity contribution is -0.187. The van der Waals surface area contributed by atoms with Gasteiger partial charge in [0, 0.05) is 13.1 Å². The number of carbonyl (C=O) groups is 2. The molecule has 0 bridgehead atoms. The molecule has 3 rings (SSSR count). The number of aliphatic carboxylic acids is 1. The summed E-state index contributed by atoms with van der Waals surface area (Å²) in [6.45, 7) is 0.516. The van der Waals surface area contributed by atoms with Crippen LogP contribution < -0.4 is 0 Å². The molecule has 10 heteroatoms. The standard InChI is InChI=1S/C15H13F3N2O3S2/c1-7-11(25-12(19-7)10-3-2-4-24-10)13(21)20-5-8(14(22)23)9(6-20)15(16,17)18/h2-4,8-9H,5-6H2,1H3,(H,22,23)/t8-,9-/m1/s1. The normalized spacial score (nSPS) is 20.9. The molecule has 2 atom stereocenters. The van der Waals surface area contributed by atoms with Crippen LogP contribution in [0.5, 0.6) is 0 Å². The van der Waals surface area contributed by atoms with Gasteiger partial charge in [-0.25, -0.2) is 4.98 Å². The number of likely N-dealkylation sites (tertiary alicyclic amines) is 1. The van der Waals surface area contributed by atoms with Crippen LogP contribution in [0.15, 0.2) is 17.5 Å². The quantitative estimate of drug-likeness (QED) is 0.871. The molecular formula is C15H13F3N2O3S2. The molecule has 0 spiro atoms. The molecule has 0 aromatic carbocycles. The van der Waals surface area contributed by atoms with E-state index in [0.717, 1.165) is 21.1 Å². The first-order valence-electron chi connectivity index (χ1n) is 7.28. The molecule has 5 nitrogen and oxygen atoms in total. The van der Waals surface area contributed by atoms with Gasteiger partial charge < -0.3 is 10.0 Å². The Balaban J connectivity index is 1.86. The van der Waals surface area contributed by atoms with Crippen LogP contribution in [0.2, 0.25) is 0 Å². The average molecular weight is 390 g/mol. The molecular weight excluding hydrogens is 377 g/mol. The zero-order chi connectivity index (χ0) is 18.4. The lowest BCUT2D eigenvalue weighted by Gasteiger charge is -2.18. The molecule has 2 aromatic rings. The third kappa shape index (κ3) is 3.40. The fourth-order valence-electron chi connectivity index (χ4n) is 2.80. The number of carbonyl (C=O) groups excluding carboxylic acids is 1. The summed E-state index contributed by atoms with van der Waals surface area (Å²) in [6.07, 6.45) is -4.66. The molecule has 1 aliphatic heterocycles. The lowest BCUT2D eigenvalue weighted by Crippen LogP contribution is -2.34. The number of carboxylic acids is 1. The molecule has 25 heavy (non-hydrogen) atoms. The number of alkyl halides is 3. The van der Waals surface area contributed by atoms with Crippen molar-refractivity contribution in [2.75, 3.05) is 13.1 Å². The molecule has 1 aliphatic rings. The topological polar surface area (TPSA) is 70.5 Å². The maximum Gasteiger partial charge on any atom is 0.394 e. The Morgan fingerprint density at radius 2 is 2.08 bits per heavy atom. The van der Waals surface area contributed by atoms with Crippen LogP contribution in [0.25, 0.3) is 9.88 Å². The molecule has 3 heterocycles. The summed E-state index contributed by atoms with van der Waals surface area (Å²) >= 11 is 2.56. The summed E-state index contributed by atoms with van der Waals surface area (Å²) in [5.74, 6) is -5.85. The number of carboxylic acid groups (broad SMARTS) is 1. The summed E-state index contributed by atoms with van der Waals surface area (Å²) in [5.41, 5.74) is 0.431. The number of halogens is 3. The molecule has 0 aliphatic carbocycles. The van der Waals surface area contributed by atoms with E-state index in [4.69, 9.17) is 5.11 Å². The van der Waals surface area contributed by atoms with Gasteiger partial charge in [-0.3, -0.25) is 9.59 Å². The Kier molecular flexibility index (Phi) is 4.58. The molecule has 2 aromatic heterocycles. The Hall–Kier alpha value is -1.94. The molecule has 1 N–H and O–H groups in total. The van der Waals surface area contributed by atoms with Crippen molar-refractivity contribution < 1.29 is 27.9 Å². The van der Waals surface area contributed by atoms with Gasteiger partial charge in [-0.2, -0.15) is 13.2 Å². The van der Waals surface area contributed by atoms with E-state index in [1.165, 1.54) is 11.3 Å². The van der Waals surface area contributed by atoms with Crippen molar-refractivity contribution in [3.05, 3.63) is 28.1 Å². The lowest BCUT2D eigenvalue weighted by atomic mass is 9.96. The molecule has 1 saturated heterocycles. The third-order valence-corrected chi connectivity index (χ3v) is 6.25. The Morgan fingerprint density at radius 1 is 1.36 bits per heavy atom. The molecule has 1 amide bonds. The fraction of sp³-hybridized carbons (Fsp3) is 0.400.